The third-order valence-electron chi connectivity index (χ3n) is 3.37. The largest absolute Gasteiger partial charge is 0.388 e. The Morgan fingerprint density at radius 3 is 2.56 bits per heavy atom. The van der Waals surface area contributed by atoms with Gasteiger partial charge in [0.15, 0.2) is 0 Å². The van der Waals surface area contributed by atoms with E-state index in [0.717, 1.165) is 31.3 Å². The lowest BCUT2D eigenvalue weighted by Crippen LogP contribution is -2.10. The van der Waals surface area contributed by atoms with E-state index in [9.17, 15) is 5.11 Å². The van der Waals surface area contributed by atoms with E-state index in [1.165, 1.54) is 16.7 Å². The van der Waals surface area contributed by atoms with E-state index in [0.29, 0.717) is 0 Å². The van der Waals surface area contributed by atoms with E-state index >= 15 is 0 Å². The second-order valence-electron chi connectivity index (χ2n) is 5.06. The number of allylic oxidation sites excluding steroid dienone is 4. The lowest BCUT2D eigenvalue weighted by Gasteiger charge is -2.17. The molecule has 0 saturated heterocycles. The van der Waals surface area contributed by atoms with Crippen molar-refractivity contribution < 1.29 is 5.11 Å². The minimum atomic E-state index is -0.295. The molecule has 1 atom stereocenters. The molecule has 0 amide bonds. The summed E-state index contributed by atoms with van der Waals surface area (Å²) >= 11 is 0. The van der Waals surface area contributed by atoms with E-state index in [-0.39, 0.29) is 6.10 Å². The number of hydrogen-bond acceptors (Lipinski definition) is 1. The Morgan fingerprint density at radius 1 is 1.25 bits per heavy atom. The van der Waals surface area contributed by atoms with Crippen molar-refractivity contribution in [2.45, 2.75) is 59.5 Å². The monoisotopic (exact) mass is 220 g/mol. The summed E-state index contributed by atoms with van der Waals surface area (Å²) < 4.78 is 0. The van der Waals surface area contributed by atoms with Gasteiger partial charge in [-0.2, -0.15) is 0 Å². The first kappa shape index (κ1) is 13.2. The Morgan fingerprint density at radius 2 is 1.94 bits per heavy atom. The van der Waals surface area contributed by atoms with Gasteiger partial charge in [0.25, 0.3) is 0 Å². The van der Waals surface area contributed by atoms with Crippen LogP contribution in [0.1, 0.15) is 53.4 Å². The molecule has 1 aliphatic carbocycles. The van der Waals surface area contributed by atoms with E-state index in [1.807, 2.05) is 6.92 Å². The molecule has 1 rings (SSSR count). The summed E-state index contributed by atoms with van der Waals surface area (Å²) in [4.78, 5) is 0. The van der Waals surface area contributed by atoms with Crippen molar-refractivity contribution in [2.24, 2.45) is 0 Å². The molecular formula is C15H24O. The minimum absolute atomic E-state index is 0.295. The van der Waals surface area contributed by atoms with Gasteiger partial charge in [0.05, 0.1) is 6.10 Å². The summed E-state index contributed by atoms with van der Waals surface area (Å²) in [6.07, 6.45) is 8.14. The predicted molar refractivity (Wildman–Crippen MR) is 70.4 cm³/mol. The molecule has 0 unspecified atom stereocenters. The van der Waals surface area contributed by atoms with Crippen LogP contribution < -0.4 is 0 Å². The first-order valence-electron chi connectivity index (χ1n) is 6.16. The molecule has 1 N–H and O–H groups in total. The average molecular weight is 220 g/mol. The van der Waals surface area contributed by atoms with Gasteiger partial charge in [-0.1, -0.05) is 28.9 Å². The normalized spacial score (nSPS) is 30.1. The molecule has 0 aromatic heterocycles. The first-order chi connectivity index (χ1) is 7.50. The Balaban J connectivity index is 2.92. The molecule has 1 aliphatic rings. The van der Waals surface area contributed by atoms with Gasteiger partial charge in [0.1, 0.15) is 0 Å². The highest BCUT2D eigenvalue weighted by Gasteiger charge is 2.11. The first-order valence-corrected chi connectivity index (χ1v) is 6.16. The molecule has 0 bridgehead atoms. The third kappa shape index (κ3) is 3.97. The zero-order valence-corrected chi connectivity index (χ0v) is 11.0. The Labute approximate surface area is 99.6 Å². The van der Waals surface area contributed by atoms with Crippen molar-refractivity contribution >= 4 is 0 Å². The molecule has 0 fully saturated rings. The van der Waals surface area contributed by atoms with Crippen LogP contribution in [0.2, 0.25) is 0 Å². The zero-order chi connectivity index (χ0) is 12.1. The Hall–Kier alpha value is -0.820. The number of aliphatic hydroxyl groups excluding tert-OH is 1. The van der Waals surface area contributed by atoms with E-state index in [4.69, 9.17) is 0 Å². The average Bonchev–Trinajstić information content (AvgIpc) is 2.22. The summed E-state index contributed by atoms with van der Waals surface area (Å²) in [5.74, 6) is 0. The van der Waals surface area contributed by atoms with Crippen molar-refractivity contribution in [3.8, 4) is 0 Å². The predicted octanol–water partition coefficient (Wildman–Crippen LogP) is 4.15. The quantitative estimate of drug-likeness (QED) is 0.608. The molecule has 0 saturated carbocycles. The summed E-state index contributed by atoms with van der Waals surface area (Å²) in [5, 5.41) is 10.1. The fourth-order valence-corrected chi connectivity index (χ4v) is 1.95. The molecule has 1 heteroatoms. The molecule has 0 aromatic carbocycles. The Kier molecular flexibility index (Phi) is 5.01. The molecule has 1 nitrogen and oxygen atoms in total. The van der Waals surface area contributed by atoms with Gasteiger partial charge in [-0.05, 0) is 59.0 Å². The van der Waals surface area contributed by atoms with Gasteiger partial charge >= 0.3 is 0 Å². The van der Waals surface area contributed by atoms with Gasteiger partial charge in [0, 0.05) is 0 Å². The molecule has 0 aliphatic heterocycles. The smallest absolute Gasteiger partial charge is 0.0784 e. The van der Waals surface area contributed by atoms with Crippen LogP contribution in [0.3, 0.4) is 0 Å². The van der Waals surface area contributed by atoms with Crippen LogP contribution in [-0.4, -0.2) is 11.2 Å². The van der Waals surface area contributed by atoms with Crippen molar-refractivity contribution in [1.29, 1.82) is 0 Å². The maximum Gasteiger partial charge on any atom is 0.0784 e. The van der Waals surface area contributed by atoms with Gasteiger partial charge in [-0.25, -0.2) is 0 Å². The molecule has 90 valence electrons. The Bertz CT molecular complexity index is 327. The molecule has 0 spiro atoms. The molecular weight excluding hydrogens is 196 g/mol. The minimum Gasteiger partial charge on any atom is -0.388 e. The fraction of sp³-hybridized carbons (Fsp3) is 0.600. The summed E-state index contributed by atoms with van der Waals surface area (Å²) in [6, 6.07) is 0. The molecule has 16 heavy (non-hydrogen) atoms. The lowest BCUT2D eigenvalue weighted by atomic mass is 9.93. The molecule has 0 heterocycles. The summed E-state index contributed by atoms with van der Waals surface area (Å²) in [6.45, 7) is 8.50. The van der Waals surface area contributed by atoms with Gasteiger partial charge in [-0.3, -0.25) is 0 Å². The zero-order valence-electron chi connectivity index (χ0n) is 11.0. The van der Waals surface area contributed by atoms with Crippen LogP contribution in [0.25, 0.3) is 0 Å². The van der Waals surface area contributed by atoms with Gasteiger partial charge < -0.3 is 5.11 Å². The van der Waals surface area contributed by atoms with Crippen LogP contribution in [0.5, 0.6) is 0 Å². The SMILES string of the molecule is CC(C)=C1C/C=C(\C)CC/C=C(/C)[C@H](O)C1. The van der Waals surface area contributed by atoms with Crippen molar-refractivity contribution in [2.75, 3.05) is 0 Å². The summed E-state index contributed by atoms with van der Waals surface area (Å²) in [5.41, 5.74) is 5.30. The van der Waals surface area contributed by atoms with Crippen LogP contribution in [0, 0.1) is 0 Å². The maximum absolute atomic E-state index is 10.1. The van der Waals surface area contributed by atoms with Crippen molar-refractivity contribution in [1.82, 2.24) is 0 Å². The highest BCUT2D eigenvalue weighted by Crippen LogP contribution is 2.23. The van der Waals surface area contributed by atoms with E-state index in [2.05, 4.69) is 32.9 Å². The topological polar surface area (TPSA) is 20.2 Å². The highest BCUT2D eigenvalue weighted by molar-refractivity contribution is 5.21. The number of hydrogen-bond donors (Lipinski definition) is 1. The fourth-order valence-electron chi connectivity index (χ4n) is 1.95. The summed E-state index contributed by atoms with van der Waals surface area (Å²) in [7, 11) is 0. The van der Waals surface area contributed by atoms with Crippen molar-refractivity contribution in [3.63, 3.8) is 0 Å². The second kappa shape index (κ2) is 6.05. The molecule has 0 radical (unpaired) electrons. The third-order valence-corrected chi connectivity index (χ3v) is 3.37. The molecule has 0 aromatic rings. The van der Waals surface area contributed by atoms with Gasteiger partial charge in [0.2, 0.25) is 0 Å². The van der Waals surface area contributed by atoms with Crippen LogP contribution >= 0.6 is 0 Å². The van der Waals surface area contributed by atoms with E-state index < -0.39 is 0 Å². The van der Waals surface area contributed by atoms with Gasteiger partial charge in [-0.15, -0.1) is 0 Å². The van der Waals surface area contributed by atoms with Crippen LogP contribution in [0.4, 0.5) is 0 Å². The maximum atomic E-state index is 10.1. The van der Waals surface area contributed by atoms with Crippen LogP contribution in [0.15, 0.2) is 34.4 Å². The number of rotatable bonds is 0. The van der Waals surface area contributed by atoms with E-state index in [1.54, 1.807) is 0 Å². The highest BCUT2D eigenvalue weighted by atomic mass is 16.3. The van der Waals surface area contributed by atoms with Crippen molar-refractivity contribution in [3.05, 3.63) is 34.4 Å². The second-order valence-corrected chi connectivity index (χ2v) is 5.06. The lowest BCUT2D eigenvalue weighted by molar-refractivity contribution is 0.209. The standard InChI is InChI=1S/C15H24O/c1-11(2)14-9-8-12(3)6-5-7-13(4)15(16)10-14/h7-8,15-16H,5-6,9-10H2,1-4H3/b12-8+,13-7-/t15-/m1/s1. The van der Waals surface area contributed by atoms with Crippen LogP contribution in [-0.2, 0) is 0 Å². The number of aliphatic hydroxyl groups is 1.